The lowest BCUT2D eigenvalue weighted by molar-refractivity contribution is -0.127. The first-order valence-corrected chi connectivity index (χ1v) is 7.49. The predicted molar refractivity (Wildman–Crippen MR) is 79.9 cm³/mol. The molecule has 0 atom stereocenters. The standard InChI is InChI=1S/C14H20N4OS/c1-10(2)14-15-5-6-18(14)8-11-9-20-12(16-11)7-13(19)17(3)4/h5-6,9-10H,7-8H2,1-4H3. The van der Waals surface area contributed by atoms with Crippen LogP contribution in [0.3, 0.4) is 0 Å². The molecule has 0 aromatic carbocycles. The summed E-state index contributed by atoms with van der Waals surface area (Å²) in [5, 5.41) is 2.88. The van der Waals surface area contributed by atoms with E-state index in [4.69, 9.17) is 0 Å². The van der Waals surface area contributed by atoms with E-state index in [1.165, 1.54) is 11.3 Å². The summed E-state index contributed by atoms with van der Waals surface area (Å²) in [5.41, 5.74) is 0.983. The van der Waals surface area contributed by atoms with Crippen LogP contribution in [-0.2, 0) is 17.8 Å². The highest BCUT2D eigenvalue weighted by molar-refractivity contribution is 7.09. The van der Waals surface area contributed by atoms with Gasteiger partial charge in [0.25, 0.3) is 0 Å². The van der Waals surface area contributed by atoms with E-state index in [-0.39, 0.29) is 5.91 Å². The highest BCUT2D eigenvalue weighted by atomic mass is 32.1. The number of imidazole rings is 1. The molecular formula is C14H20N4OS. The second-order valence-electron chi connectivity index (χ2n) is 5.27. The van der Waals surface area contributed by atoms with E-state index >= 15 is 0 Å². The van der Waals surface area contributed by atoms with Crippen molar-refractivity contribution in [3.05, 3.63) is 34.3 Å². The largest absolute Gasteiger partial charge is 0.348 e. The van der Waals surface area contributed by atoms with Crippen LogP contribution >= 0.6 is 11.3 Å². The first-order chi connectivity index (χ1) is 9.47. The van der Waals surface area contributed by atoms with Gasteiger partial charge in [0.2, 0.25) is 5.91 Å². The van der Waals surface area contributed by atoms with Crippen molar-refractivity contribution in [2.75, 3.05) is 14.1 Å². The van der Waals surface area contributed by atoms with Gasteiger partial charge in [-0.15, -0.1) is 11.3 Å². The first-order valence-electron chi connectivity index (χ1n) is 6.62. The van der Waals surface area contributed by atoms with Crippen LogP contribution in [-0.4, -0.2) is 39.4 Å². The number of aromatic nitrogens is 3. The normalized spacial score (nSPS) is 11.1. The van der Waals surface area contributed by atoms with Gasteiger partial charge in [0, 0.05) is 37.8 Å². The third-order valence-corrected chi connectivity index (χ3v) is 3.89. The molecule has 2 rings (SSSR count). The summed E-state index contributed by atoms with van der Waals surface area (Å²) in [6.07, 6.45) is 4.16. The summed E-state index contributed by atoms with van der Waals surface area (Å²) < 4.78 is 2.11. The Balaban J connectivity index is 2.06. The van der Waals surface area contributed by atoms with Crippen molar-refractivity contribution in [1.29, 1.82) is 0 Å². The molecule has 0 saturated heterocycles. The summed E-state index contributed by atoms with van der Waals surface area (Å²) in [6.45, 7) is 4.96. The van der Waals surface area contributed by atoms with E-state index < -0.39 is 0 Å². The first kappa shape index (κ1) is 14.7. The average Bonchev–Trinajstić information content (AvgIpc) is 2.99. The molecule has 0 saturated carbocycles. The number of thiazole rings is 1. The molecule has 1 amide bonds. The van der Waals surface area contributed by atoms with E-state index in [1.807, 2.05) is 17.8 Å². The van der Waals surface area contributed by atoms with Crippen LogP contribution in [0.25, 0.3) is 0 Å². The van der Waals surface area contributed by atoms with Gasteiger partial charge >= 0.3 is 0 Å². The molecule has 2 aromatic heterocycles. The lowest BCUT2D eigenvalue weighted by Gasteiger charge is -2.09. The minimum atomic E-state index is 0.0800. The molecule has 0 unspecified atom stereocenters. The lowest BCUT2D eigenvalue weighted by atomic mass is 10.2. The molecule has 0 fully saturated rings. The maximum Gasteiger partial charge on any atom is 0.228 e. The predicted octanol–water partition coefficient (Wildman–Crippen LogP) is 2.14. The van der Waals surface area contributed by atoms with Gasteiger partial charge in [-0.25, -0.2) is 9.97 Å². The summed E-state index contributed by atoms with van der Waals surface area (Å²) in [7, 11) is 3.52. The number of hydrogen-bond acceptors (Lipinski definition) is 4. The van der Waals surface area contributed by atoms with Crippen molar-refractivity contribution in [1.82, 2.24) is 19.4 Å². The van der Waals surface area contributed by atoms with Crippen LogP contribution in [0.15, 0.2) is 17.8 Å². The zero-order valence-corrected chi connectivity index (χ0v) is 13.1. The Labute approximate surface area is 123 Å². The molecule has 0 aliphatic carbocycles. The molecule has 2 aromatic rings. The summed E-state index contributed by atoms with van der Waals surface area (Å²) in [4.78, 5) is 22.1. The Morgan fingerprint density at radius 1 is 1.45 bits per heavy atom. The monoisotopic (exact) mass is 292 g/mol. The molecule has 2 heterocycles. The van der Waals surface area contributed by atoms with Gasteiger partial charge in [-0.1, -0.05) is 13.8 Å². The fourth-order valence-corrected chi connectivity index (χ4v) is 2.70. The minimum absolute atomic E-state index is 0.0800. The SMILES string of the molecule is CC(C)c1nccn1Cc1csc(CC(=O)N(C)C)n1. The van der Waals surface area contributed by atoms with Crippen molar-refractivity contribution < 1.29 is 4.79 Å². The number of hydrogen-bond donors (Lipinski definition) is 0. The van der Waals surface area contributed by atoms with Crippen LogP contribution in [0, 0.1) is 0 Å². The quantitative estimate of drug-likeness (QED) is 0.848. The van der Waals surface area contributed by atoms with E-state index in [2.05, 4.69) is 28.4 Å². The molecule has 6 heteroatoms. The number of rotatable bonds is 5. The molecule has 5 nitrogen and oxygen atoms in total. The van der Waals surface area contributed by atoms with Crippen molar-refractivity contribution >= 4 is 17.2 Å². The molecule has 0 aliphatic rings. The molecule has 108 valence electrons. The van der Waals surface area contributed by atoms with E-state index in [9.17, 15) is 4.79 Å². The molecule has 0 spiro atoms. The summed E-state index contributed by atoms with van der Waals surface area (Å²) in [6, 6.07) is 0. The Morgan fingerprint density at radius 3 is 2.85 bits per heavy atom. The van der Waals surface area contributed by atoms with E-state index in [1.54, 1.807) is 19.0 Å². The van der Waals surface area contributed by atoms with Crippen LogP contribution in [0.5, 0.6) is 0 Å². The minimum Gasteiger partial charge on any atom is -0.348 e. The fourth-order valence-electron chi connectivity index (χ4n) is 1.92. The smallest absolute Gasteiger partial charge is 0.228 e. The maximum atomic E-state index is 11.7. The van der Waals surface area contributed by atoms with Gasteiger partial charge in [0.15, 0.2) is 0 Å². The summed E-state index contributed by atoms with van der Waals surface area (Å²) >= 11 is 1.54. The van der Waals surface area contributed by atoms with E-state index in [0.717, 1.165) is 16.5 Å². The Morgan fingerprint density at radius 2 is 2.20 bits per heavy atom. The van der Waals surface area contributed by atoms with E-state index in [0.29, 0.717) is 18.9 Å². The van der Waals surface area contributed by atoms with Crippen LogP contribution in [0.1, 0.15) is 36.3 Å². The number of likely N-dealkylation sites (N-methyl/N-ethyl adjacent to an activating group) is 1. The van der Waals surface area contributed by atoms with Gasteiger partial charge < -0.3 is 9.47 Å². The molecule has 0 N–H and O–H groups in total. The third-order valence-electron chi connectivity index (χ3n) is 3.00. The topological polar surface area (TPSA) is 51.0 Å². The van der Waals surface area contributed by atoms with Gasteiger partial charge in [-0.3, -0.25) is 4.79 Å². The second kappa shape index (κ2) is 6.17. The van der Waals surface area contributed by atoms with Gasteiger partial charge in [-0.2, -0.15) is 0 Å². The lowest BCUT2D eigenvalue weighted by Crippen LogP contribution is -2.23. The second-order valence-corrected chi connectivity index (χ2v) is 6.21. The molecular weight excluding hydrogens is 272 g/mol. The average molecular weight is 292 g/mol. The number of amides is 1. The molecule has 0 aliphatic heterocycles. The Bertz CT molecular complexity index is 586. The van der Waals surface area contributed by atoms with Crippen molar-refractivity contribution in [2.45, 2.75) is 32.7 Å². The number of nitrogens with zero attached hydrogens (tertiary/aromatic N) is 4. The molecule has 0 bridgehead atoms. The Kier molecular flexibility index (Phi) is 4.54. The highest BCUT2D eigenvalue weighted by Crippen LogP contribution is 2.16. The Hall–Kier alpha value is -1.69. The number of carbonyl (C=O) groups excluding carboxylic acids is 1. The van der Waals surface area contributed by atoms with Gasteiger partial charge in [0.1, 0.15) is 10.8 Å². The van der Waals surface area contributed by atoms with Crippen LogP contribution < -0.4 is 0 Å². The third kappa shape index (κ3) is 3.45. The fraction of sp³-hybridized carbons (Fsp3) is 0.500. The maximum absolute atomic E-state index is 11.7. The van der Waals surface area contributed by atoms with Crippen molar-refractivity contribution in [2.24, 2.45) is 0 Å². The van der Waals surface area contributed by atoms with Crippen molar-refractivity contribution in [3.63, 3.8) is 0 Å². The molecule has 0 radical (unpaired) electrons. The molecule has 20 heavy (non-hydrogen) atoms. The van der Waals surface area contributed by atoms with Crippen LogP contribution in [0.4, 0.5) is 0 Å². The summed E-state index contributed by atoms with van der Waals surface area (Å²) in [5.74, 6) is 1.53. The van der Waals surface area contributed by atoms with Gasteiger partial charge in [0.05, 0.1) is 18.7 Å². The van der Waals surface area contributed by atoms with Crippen molar-refractivity contribution in [3.8, 4) is 0 Å². The van der Waals surface area contributed by atoms with Gasteiger partial charge in [-0.05, 0) is 0 Å². The number of carbonyl (C=O) groups is 1. The zero-order chi connectivity index (χ0) is 14.7. The highest BCUT2D eigenvalue weighted by Gasteiger charge is 2.12. The van der Waals surface area contributed by atoms with Crippen LogP contribution in [0.2, 0.25) is 0 Å². The zero-order valence-electron chi connectivity index (χ0n) is 12.3.